The summed E-state index contributed by atoms with van der Waals surface area (Å²) in [6, 6.07) is 7.34. The molecular formula is C20H23F3N4O. The molecule has 2 aromatic rings. The zero-order valence-electron chi connectivity index (χ0n) is 15.4. The lowest BCUT2D eigenvalue weighted by molar-refractivity contribution is -0.137. The molecule has 2 fully saturated rings. The van der Waals surface area contributed by atoms with E-state index in [1.165, 1.54) is 12.1 Å². The number of aromatic nitrogens is 2. The second-order valence-electron chi connectivity index (χ2n) is 7.72. The maximum atomic E-state index is 13.0. The van der Waals surface area contributed by atoms with E-state index < -0.39 is 17.2 Å². The lowest BCUT2D eigenvalue weighted by atomic mass is 9.94. The SMILES string of the molecule is O=C(NCC1(c2cccc(C(F)(F)F)c2)CC1)c1ccn(C2CCCNC2)n1. The molecule has 8 heteroatoms. The zero-order valence-corrected chi connectivity index (χ0v) is 15.4. The first-order valence-electron chi connectivity index (χ1n) is 9.59. The number of carbonyl (C=O) groups is 1. The highest BCUT2D eigenvalue weighted by Crippen LogP contribution is 2.48. The normalized spacial score (nSPS) is 21.3. The first-order valence-corrected chi connectivity index (χ1v) is 9.59. The second kappa shape index (κ2) is 7.24. The second-order valence-corrected chi connectivity index (χ2v) is 7.72. The number of benzene rings is 1. The third-order valence-electron chi connectivity index (χ3n) is 5.73. The van der Waals surface area contributed by atoms with Crippen LogP contribution in [0.5, 0.6) is 0 Å². The van der Waals surface area contributed by atoms with Crippen molar-refractivity contribution in [3.63, 3.8) is 0 Å². The predicted octanol–water partition coefficient (Wildman–Crippen LogP) is 3.29. The number of amides is 1. The molecule has 28 heavy (non-hydrogen) atoms. The summed E-state index contributed by atoms with van der Waals surface area (Å²) in [4.78, 5) is 12.5. The molecule has 2 aliphatic rings. The number of carbonyl (C=O) groups excluding carboxylic acids is 1. The van der Waals surface area contributed by atoms with Gasteiger partial charge in [-0.1, -0.05) is 18.2 Å². The quantitative estimate of drug-likeness (QED) is 0.821. The van der Waals surface area contributed by atoms with Crippen LogP contribution in [-0.2, 0) is 11.6 Å². The van der Waals surface area contributed by atoms with Crippen LogP contribution in [0.25, 0.3) is 0 Å². The van der Waals surface area contributed by atoms with Gasteiger partial charge in [-0.3, -0.25) is 9.48 Å². The summed E-state index contributed by atoms with van der Waals surface area (Å²) in [6.07, 6.45) is 1.07. The Morgan fingerprint density at radius 2 is 2.14 bits per heavy atom. The molecule has 2 heterocycles. The van der Waals surface area contributed by atoms with Crippen LogP contribution in [0, 0.1) is 0 Å². The Balaban J connectivity index is 1.40. The van der Waals surface area contributed by atoms with E-state index in [1.54, 1.807) is 12.1 Å². The third-order valence-corrected chi connectivity index (χ3v) is 5.73. The number of alkyl halides is 3. The van der Waals surface area contributed by atoms with Gasteiger partial charge in [0.1, 0.15) is 5.69 Å². The van der Waals surface area contributed by atoms with Crippen LogP contribution in [0.2, 0.25) is 0 Å². The van der Waals surface area contributed by atoms with Crippen molar-refractivity contribution in [3.05, 3.63) is 53.3 Å². The highest BCUT2D eigenvalue weighted by Gasteiger charge is 2.45. The van der Waals surface area contributed by atoms with Crippen molar-refractivity contribution in [1.29, 1.82) is 0 Å². The molecule has 0 bridgehead atoms. The fraction of sp³-hybridized carbons (Fsp3) is 0.500. The Morgan fingerprint density at radius 3 is 2.82 bits per heavy atom. The fourth-order valence-electron chi connectivity index (χ4n) is 3.81. The molecule has 4 rings (SSSR count). The number of hydrogen-bond acceptors (Lipinski definition) is 3. The van der Waals surface area contributed by atoms with Gasteiger partial charge >= 0.3 is 6.18 Å². The van der Waals surface area contributed by atoms with E-state index in [1.807, 2.05) is 10.9 Å². The van der Waals surface area contributed by atoms with Gasteiger partial charge in [-0.15, -0.1) is 0 Å². The van der Waals surface area contributed by atoms with E-state index >= 15 is 0 Å². The Labute approximate surface area is 161 Å². The maximum Gasteiger partial charge on any atom is 0.416 e. The van der Waals surface area contributed by atoms with Gasteiger partial charge in [-0.2, -0.15) is 18.3 Å². The van der Waals surface area contributed by atoms with Crippen molar-refractivity contribution in [2.45, 2.75) is 43.3 Å². The molecule has 1 aromatic carbocycles. The maximum absolute atomic E-state index is 13.0. The van der Waals surface area contributed by atoms with Crippen molar-refractivity contribution in [3.8, 4) is 0 Å². The summed E-state index contributed by atoms with van der Waals surface area (Å²) in [5.41, 5.74) is -0.0958. The van der Waals surface area contributed by atoms with Gasteiger partial charge in [-0.05, 0) is 49.9 Å². The van der Waals surface area contributed by atoms with Crippen LogP contribution in [0.4, 0.5) is 13.2 Å². The van der Waals surface area contributed by atoms with E-state index in [0.29, 0.717) is 17.8 Å². The standard InChI is InChI=1S/C20H23F3N4O/c21-20(22,23)15-4-1-3-14(11-15)19(7-8-19)13-25-18(28)17-6-10-27(26-17)16-5-2-9-24-12-16/h1,3-4,6,10-11,16,24H,2,5,7-9,12-13H2,(H,25,28). The van der Waals surface area contributed by atoms with Gasteiger partial charge < -0.3 is 10.6 Å². The lowest BCUT2D eigenvalue weighted by Gasteiger charge is -2.22. The van der Waals surface area contributed by atoms with Crippen LogP contribution in [0.3, 0.4) is 0 Å². The molecule has 5 nitrogen and oxygen atoms in total. The predicted molar refractivity (Wildman–Crippen MR) is 98.1 cm³/mol. The van der Waals surface area contributed by atoms with E-state index in [4.69, 9.17) is 0 Å². The monoisotopic (exact) mass is 392 g/mol. The van der Waals surface area contributed by atoms with Gasteiger partial charge in [0.25, 0.3) is 5.91 Å². The smallest absolute Gasteiger partial charge is 0.350 e. The fourth-order valence-corrected chi connectivity index (χ4v) is 3.81. The van der Waals surface area contributed by atoms with Crippen molar-refractivity contribution >= 4 is 5.91 Å². The summed E-state index contributed by atoms with van der Waals surface area (Å²) in [5.74, 6) is -0.291. The molecule has 1 amide bonds. The molecule has 0 spiro atoms. The first kappa shape index (κ1) is 19.0. The largest absolute Gasteiger partial charge is 0.416 e. The van der Waals surface area contributed by atoms with E-state index in [-0.39, 0.29) is 11.9 Å². The number of piperidine rings is 1. The minimum atomic E-state index is -4.36. The number of rotatable bonds is 5. The van der Waals surface area contributed by atoms with Crippen LogP contribution in [0.1, 0.15) is 53.3 Å². The van der Waals surface area contributed by atoms with Crippen molar-refractivity contribution in [1.82, 2.24) is 20.4 Å². The molecule has 1 aromatic heterocycles. The Kier molecular flexibility index (Phi) is 4.91. The Hall–Kier alpha value is -2.35. The van der Waals surface area contributed by atoms with Crippen LogP contribution in [-0.4, -0.2) is 35.3 Å². The van der Waals surface area contributed by atoms with Crippen LogP contribution < -0.4 is 10.6 Å². The van der Waals surface area contributed by atoms with Crippen LogP contribution in [0.15, 0.2) is 36.5 Å². The van der Waals surface area contributed by atoms with Crippen molar-refractivity contribution in [2.24, 2.45) is 0 Å². The average molecular weight is 392 g/mol. The molecule has 0 radical (unpaired) electrons. The van der Waals surface area contributed by atoms with Crippen molar-refractivity contribution in [2.75, 3.05) is 19.6 Å². The van der Waals surface area contributed by atoms with Crippen molar-refractivity contribution < 1.29 is 18.0 Å². The Morgan fingerprint density at radius 1 is 1.32 bits per heavy atom. The molecule has 2 N–H and O–H groups in total. The van der Waals surface area contributed by atoms with E-state index in [9.17, 15) is 18.0 Å². The number of halogens is 3. The zero-order chi connectivity index (χ0) is 19.8. The summed E-state index contributed by atoms with van der Waals surface area (Å²) < 4.78 is 40.8. The van der Waals surface area contributed by atoms with Gasteiger partial charge in [0.2, 0.25) is 0 Å². The molecule has 150 valence electrons. The highest BCUT2D eigenvalue weighted by molar-refractivity contribution is 5.92. The highest BCUT2D eigenvalue weighted by atomic mass is 19.4. The van der Waals surface area contributed by atoms with Crippen LogP contribution >= 0.6 is 0 Å². The molecule has 1 saturated carbocycles. The first-order chi connectivity index (χ1) is 13.4. The molecule has 1 aliphatic carbocycles. The average Bonchev–Trinajstić information content (AvgIpc) is 3.33. The van der Waals surface area contributed by atoms with E-state index in [0.717, 1.165) is 44.8 Å². The minimum Gasteiger partial charge on any atom is -0.350 e. The molecule has 1 unspecified atom stereocenters. The van der Waals surface area contributed by atoms with Gasteiger partial charge in [0, 0.05) is 24.7 Å². The summed E-state index contributed by atoms with van der Waals surface area (Å²) in [6.45, 7) is 2.15. The van der Waals surface area contributed by atoms with E-state index in [2.05, 4.69) is 15.7 Å². The molecular weight excluding hydrogens is 369 g/mol. The summed E-state index contributed by atoms with van der Waals surface area (Å²) >= 11 is 0. The minimum absolute atomic E-state index is 0.246. The van der Waals surface area contributed by atoms with Gasteiger partial charge in [0.15, 0.2) is 0 Å². The topological polar surface area (TPSA) is 59.0 Å². The third kappa shape index (κ3) is 3.92. The molecule has 1 aliphatic heterocycles. The van der Waals surface area contributed by atoms with Gasteiger partial charge in [0.05, 0.1) is 11.6 Å². The number of hydrogen-bond donors (Lipinski definition) is 2. The lowest BCUT2D eigenvalue weighted by Crippen LogP contribution is -2.33. The summed E-state index contributed by atoms with van der Waals surface area (Å²) in [7, 11) is 0. The summed E-state index contributed by atoms with van der Waals surface area (Å²) in [5, 5.41) is 10.6. The number of nitrogens with one attached hydrogen (secondary N) is 2. The van der Waals surface area contributed by atoms with Gasteiger partial charge in [-0.25, -0.2) is 0 Å². The number of nitrogens with zero attached hydrogens (tertiary/aromatic N) is 2. The Bertz CT molecular complexity index is 851. The molecule has 1 atom stereocenters. The molecule has 1 saturated heterocycles.